The number of hydrogen-bond acceptors (Lipinski definition) is 3. The van der Waals surface area contributed by atoms with E-state index >= 15 is 0 Å². The van der Waals surface area contributed by atoms with Gasteiger partial charge in [-0.25, -0.2) is 4.79 Å². The molecule has 0 spiro atoms. The summed E-state index contributed by atoms with van der Waals surface area (Å²) in [6, 6.07) is 2.17. The van der Waals surface area contributed by atoms with Crippen LogP contribution < -0.4 is 0 Å². The molecule has 0 aliphatic carbocycles. The normalized spacial score (nSPS) is 11.5. The van der Waals surface area contributed by atoms with Crippen molar-refractivity contribution in [2.45, 2.75) is 46.1 Å². The molecule has 2 heterocycles. The van der Waals surface area contributed by atoms with E-state index in [9.17, 15) is 4.79 Å². The molecule has 2 aromatic heterocycles. The van der Waals surface area contributed by atoms with Gasteiger partial charge in [0.05, 0.1) is 13.7 Å². The lowest BCUT2D eigenvalue weighted by Crippen LogP contribution is -2.11. The monoisotopic (exact) mass is 303 g/mol. The fourth-order valence-corrected chi connectivity index (χ4v) is 2.90. The number of esters is 1. The van der Waals surface area contributed by atoms with Gasteiger partial charge in [-0.3, -0.25) is 4.68 Å². The van der Waals surface area contributed by atoms with Crippen molar-refractivity contribution in [2.75, 3.05) is 7.11 Å². The third-order valence-corrected chi connectivity index (χ3v) is 3.83. The topological polar surface area (TPSA) is 49.0 Å². The molecule has 2 rings (SSSR count). The van der Waals surface area contributed by atoms with Crippen LogP contribution in [0, 0.1) is 0 Å². The minimum atomic E-state index is -0.391. The van der Waals surface area contributed by atoms with Crippen LogP contribution in [0.15, 0.2) is 18.5 Å². The van der Waals surface area contributed by atoms with Gasteiger partial charge < -0.3 is 9.30 Å². The summed E-state index contributed by atoms with van der Waals surface area (Å²) in [6.07, 6.45) is 3.98. The molecule has 0 aliphatic rings. The zero-order chi connectivity index (χ0) is 16.4. The molecule has 5 heteroatoms. The Morgan fingerprint density at radius 3 is 2.50 bits per heavy atom. The molecule has 22 heavy (non-hydrogen) atoms. The van der Waals surface area contributed by atoms with E-state index in [1.165, 1.54) is 18.4 Å². The molecule has 2 aromatic rings. The quantitative estimate of drug-likeness (QED) is 0.796. The minimum Gasteiger partial charge on any atom is -0.464 e. The van der Waals surface area contributed by atoms with E-state index in [2.05, 4.69) is 49.6 Å². The number of rotatable bonds is 5. The van der Waals surface area contributed by atoms with E-state index in [0.29, 0.717) is 24.1 Å². The summed E-state index contributed by atoms with van der Waals surface area (Å²) in [5.74, 6) is 0.510. The summed E-state index contributed by atoms with van der Waals surface area (Å²) in [5, 5.41) is 4.22. The summed E-state index contributed by atoms with van der Waals surface area (Å²) in [7, 11) is 3.20. The highest BCUT2D eigenvalue weighted by Gasteiger charge is 2.20. The van der Waals surface area contributed by atoms with Gasteiger partial charge in [-0.05, 0) is 23.5 Å². The van der Waals surface area contributed by atoms with Crippen molar-refractivity contribution >= 4 is 5.97 Å². The standard InChI is InChI=1S/C17H25N3O2/c1-11(2)14-7-8-20(16(14)12(3)4)10-13-9-19(5)18-15(13)17(21)22-6/h7-9,11-12H,10H2,1-6H3. The zero-order valence-electron chi connectivity index (χ0n) is 14.3. The first-order chi connectivity index (χ1) is 10.3. The summed E-state index contributed by atoms with van der Waals surface area (Å²) in [4.78, 5) is 11.9. The maximum absolute atomic E-state index is 11.9. The van der Waals surface area contributed by atoms with Crippen LogP contribution in [0.5, 0.6) is 0 Å². The molecule has 0 atom stereocenters. The van der Waals surface area contributed by atoms with E-state index in [1.807, 2.05) is 13.2 Å². The van der Waals surface area contributed by atoms with Crippen molar-refractivity contribution in [3.05, 3.63) is 41.0 Å². The molecule has 0 radical (unpaired) electrons. The van der Waals surface area contributed by atoms with Crippen molar-refractivity contribution in [2.24, 2.45) is 7.05 Å². The van der Waals surface area contributed by atoms with Crippen molar-refractivity contribution in [1.29, 1.82) is 0 Å². The molecule has 0 N–H and O–H groups in total. The van der Waals surface area contributed by atoms with Crippen molar-refractivity contribution in [3.8, 4) is 0 Å². The predicted octanol–water partition coefficient (Wildman–Crippen LogP) is 3.30. The molecule has 0 unspecified atom stereocenters. The van der Waals surface area contributed by atoms with Crippen LogP contribution in [0.25, 0.3) is 0 Å². The van der Waals surface area contributed by atoms with Crippen LogP contribution in [0.1, 0.15) is 66.8 Å². The zero-order valence-corrected chi connectivity index (χ0v) is 14.3. The number of ether oxygens (including phenoxy) is 1. The number of aromatic nitrogens is 3. The summed E-state index contributed by atoms with van der Waals surface area (Å²) in [6.45, 7) is 9.42. The molecule has 0 amide bonds. The van der Waals surface area contributed by atoms with Crippen LogP contribution in [0.3, 0.4) is 0 Å². The SMILES string of the molecule is COC(=O)c1nn(C)cc1Cn1ccc(C(C)C)c1C(C)C. The summed E-state index contributed by atoms with van der Waals surface area (Å²) >= 11 is 0. The molecule has 0 fully saturated rings. The Bertz CT molecular complexity index is 665. The second kappa shape index (κ2) is 6.38. The van der Waals surface area contributed by atoms with Crippen LogP contribution in [-0.4, -0.2) is 27.4 Å². The van der Waals surface area contributed by atoms with Gasteiger partial charge in [-0.15, -0.1) is 0 Å². The van der Waals surface area contributed by atoms with E-state index in [-0.39, 0.29) is 0 Å². The van der Waals surface area contributed by atoms with Gasteiger partial charge in [0.15, 0.2) is 5.69 Å². The van der Waals surface area contributed by atoms with Crippen molar-refractivity contribution < 1.29 is 9.53 Å². The fraction of sp³-hybridized carbons (Fsp3) is 0.529. The summed E-state index contributed by atoms with van der Waals surface area (Å²) < 4.78 is 8.69. The first-order valence-electron chi connectivity index (χ1n) is 7.64. The van der Waals surface area contributed by atoms with Gasteiger partial charge in [-0.1, -0.05) is 27.7 Å². The minimum absolute atomic E-state index is 0.388. The maximum Gasteiger partial charge on any atom is 0.358 e. The van der Waals surface area contributed by atoms with Gasteiger partial charge in [0.25, 0.3) is 0 Å². The number of aryl methyl sites for hydroxylation is 1. The number of carbonyl (C=O) groups excluding carboxylic acids is 1. The van der Waals surface area contributed by atoms with Gasteiger partial charge in [0.2, 0.25) is 0 Å². The Balaban J connectivity index is 2.42. The molecular formula is C17H25N3O2. The van der Waals surface area contributed by atoms with Crippen LogP contribution >= 0.6 is 0 Å². The lowest BCUT2D eigenvalue weighted by Gasteiger charge is -2.16. The smallest absolute Gasteiger partial charge is 0.358 e. The molecule has 0 saturated heterocycles. The van der Waals surface area contributed by atoms with Crippen LogP contribution in [0.4, 0.5) is 0 Å². The van der Waals surface area contributed by atoms with Gasteiger partial charge in [0.1, 0.15) is 0 Å². The first kappa shape index (κ1) is 16.3. The Kier molecular flexibility index (Phi) is 4.74. The lowest BCUT2D eigenvalue weighted by atomic mass is 9.97. The molecule has 0 saturated carbocycles. The van der Waals surface area contributed by atoms with E-state index in [0.717, 1.165) is 5.56 Å². The average molecular weight is 303 g/mol. The average Bonchev–Trinajstić information content (AvgIpc) is 3.02. The highest BCUT2D eigenvalue weighted by molar-refractivity contribution is 5.88. The largest absolute Gasteiger partial charge is 0.464 e. The highest BCUT2D eigenvalue weighted by Crippen LogP contribution is 2.28. The van der Waals surface area contributed by atoms with Gasteiger partial charge in [-0.2, -0.15) is 5.10 Å². The van der Waals surface area contributed by atoms with Gasteiger partial charge in [0, 0.05) is 30.7 Å². The number of methoxy groups -OCH3 is 1. The van der Waals surface area contributed by atoms with Crippen molar-refractivity contribution in [1.82, 2.24) is 14.3 Å². The van der Waals surface area contributed by atoms with E-state index in [1.54, 1.807) is 4.68 Å². The third-order valence-electron chi connectivity index (χ3n) is 3.83. The van der Waals surface area contributed by atoms with Gasteiger partial charge >= 0.3 is 5.97 Å². The van der Waals surface area contributed by atoms with Crippen molar-refractivity contribution in [3.63, 3.8) is 0 Å². The highest BCUT2D eigenvalue weighted by atomic mass is 16.5. The number of carbonyl (C=O) groups is 1. The maximum atomic E-state index is 11.9. The second-order valence-electron chi connectivity index (χ2n) is 6.26. The molecular weight excluding hydrogens is 278 g/mol. The second-order valence-corrected chi connectivity index (χ2v) is 6.26. The number of nitrogens with zero attached hydrogens (tertiary/aromatic N) is 3. The van der Waals surface area contributed by atoms with Crippen LogP contribution in [-0.2, 0) is 18.3 Å². The number of hydrogen-bond donors (Lipinski definition) is 0. The molecule has 0 aromatic carbocycles. The van der Waals surface area contributed by atoms with E-state index < -0.39 is 5.97 Å². The Morgan fingerprint density at radius 2 is 1.95 bits per heavy atom. The predicted molar refractivity (Wildman–Crippen MR) is 86.3 cm³/mol. The molecule has 0 bridgehead atoms. The van der Waals surface area contributed by atoms with Crippen LogP contribution in [0.2, 0.25) is 0 Å². The summed E-state index contributed by atoms with van der Waals surface area (Å²) in [5.41, 5.74) is 3.94. The lowest BCUT2D eigenvalue weighted by molar-refractivity contribution is 0.0592. The Labute approximate surface area is 131 Å². The first-order valence-corrected chi connectivity index (χ1v) is 7.64. The molecule has 120 valence electrons. The third kappa shape index (κ3) is 3.08. The Hall–Kier alpha value is -2.04. The Morgan fingerprint density at radius 1 is 1.27 bits per heavy atom. The molecule has 0 aliphatic heterocycles. The molecule has 5 nitrogen and oxygen atoms in total. The van der Waals surface area contributed by atoms with E-state index in [4.69, 9.17) is 4.74 Å². The fourth-order valence-electron chi connectivity index (χ4n) is 2.90.